The number of halogens is 3. The van der Waals surface area contributed by atoms with Gasteiger partial charge in [-0.25, -0.2) is 0 Å². The molecule has 1 rings (SSSR count). The molecular weight excluding hydrogens is 229 g/mol. The van der Waals surface area contributed by atoms with Gasteiger partial charge in [0.2, 0.25) is 0 Å². The van der Waals surface area contributed by atoms with Gasteiger partial charge in [-0.3, -0.25) is 0 Å². The summed E-state index contributed by atoms with van der Waals surface area (Å²) < 4.78 is 37.7. The van der Waals surface area contributed by atoms with Gasteiger partial charge in [0.1, 0.15) is 0 Å². The zero-order chi connectivity index (χ0) is 13.3. The van der Waals surface area contributed by atoms with Gasteiger partial charge in [0, 0.05) is 0 Å². The van der Waals surface area contributed by atoms with Gasteiger partial charge in [0.05, 0.1) is 0 Å². The zero-order valence-electron chi connectivity index (χ0n) is 9.88. The minimum atomic E-state index is -4.72. The molecule has 1 N–H and O–H groups in total. The van der Waals surface area contributed by atoms with E-state index >= 15 is 0 Å². The summed E-state index contributed by atoms with van der Waals surface area (Å²) in [7, 11) is 0. The Morgan fingerprint density at radius 3 is 2.00 bits per heavy atom. The lowest BCUT2D eigenvalue weighted by Gasteiger charge is -2.35. The first-order valence-corrected chi connectivity index (χ1v) is 5.26. The normalized spacial score (nSPS) is 16.6. The summed E-state index contributed by atoms with van der Waals surface area (Å²) in [6.45, 7) is 6.20. The van der Waals surface area contributed by atoms with Crippen molar-refractivity contribution in [2.24, 2.45) is 0 Å². The monoisotopic (exact) mass is 245 g/mol. The van der Waals surface area contributed by atoms with Gasteiger partial charge in [0.25, 0.3) is 0 Å². The van der Waals surface area contributed by atoms with E-state index < -0.39 is 23.6 Å². The summed E-state index contributed by atoms with van der Waals surface area (Å²) >= 11 is 0. The molecule has 0 saturated heterocycles. The van der Waals surface area contributed by atoms with Crippen molar-refractivity contribution >= 4 is 0 Å². The van der Waals surface area contributed by atoms with E-state index in [1.54, 1.807) is 44.2 Å². The number of hydrogen-bond donors (Lipinski definition) is 1. The minimum absolute atomic E-state index is 0.479. The maximum Gasteiger partial charge on any atom is 0.417 e. The maximum absolute atomic E-state index is 12.6. The molecule has 4 heteroatoms. The maximum atomic E-state index is 12.6. The van der Waals surface area contributed by atoms with Crippen LogP contribution in [-0.2, 0) is 5.41 Å². The fourth-order valence-corrected chi connectivity index (χ4v) is 1.82. The molecule has 0 fully saturated rings. The van der Waals surface area contributed by atoms with Gasteiger partial charge in [-0.1, -0.05) is 44.2 Å². The average molecular weight is 245 g/mol. The summed E-state index contributed by atoms with van der Waals surface area (Å²) in [6.07, 6.45) is -5.20. The summed E-state index contributed by atoms with van der Waals surface area (Å²) in [6, 6.07) is 8.79. The van der Waals surface area contributed by atoms with E-state index in [0.717, 1.165) is 5.56 Å². The van der Waals surface area contributed by atoms with Crippen molar-refractivity contribution in [3.8, 4) is 0 Å². The van der Waals surface area contributed by atoms with Crippen LogP contribution in [-0.4, -0.2) is 16.9 Å². The van der Waals surface area contributed by atoms with E-state index in [1.165, 1.54) is 0 Å². The first-order valence-electron chi connectivity index (χ1n) is 5.26. The second-order valence-corrected chi connectivity index (χ2v) is 4.96. The molecule has 1 radical (unpaired) electrons. The lowest BCUT2D eigenvalue weighted by molar-refractivity contribution is -0.247. The fourth-order valence-electron chi connectivity index (χ4n) is 1.82. The Balaban J connectivity index is 2.95. The lowest BCUT2D eigenvalue weighted by Crippen LogP contribution is -2.46. The molecule has 17 heavy (non-hydrogen) atoms. The van der Waals surface area contributed by atoms with E-state index in [2.05, 4.69) is 6.92 Å². The molecule has 1 atom stereocenters. The molecule has 1 unspecified atom stereocenters. The molecule has 0 bridgehead atoms. The Morgan fingerprint density at radius 1 is 1.12 bits per heavy atom. The number of aliphatic hydroxyl groups is 1. The smallest absolute Gasteiger partial charge is 0.380 e. The molecular formula is C13H16F3O. The van der Waals surface area contributed by atoms with Crippen LogP contribution in [0.25, 0.3) is 0 Å². The van der Waals surface area contributed by atoms with Gasteiger partial charge in [0.15, 0.2) is 5.60 Å². The Kier molecular flexibility index (Phi) is 3.58. The second kappa shape index (κ2) is 4.33. The molecule has 0 aliphatic heterocycles. The van der Waals surface area contributed by atoms with Gasteiger partial charge in [-0.15, -0.1) is 0 Å². The molecule has 1 aromatic rings. The van der Waals surface area contributed by atoms with Gasteiger partial charge < -0.3 is 5.11 Å². The summed E-state index contributed by atoms with van der Waals surface area (Å²) in [5, 5.41) is 9.41. The molecule has 0 heterocycles. The molecule has 95 valence electrons. The predicted molar refractivity (Wildman–Crippen MR) is 60.4 cm³/mol. The highest BCUT2D eigenvalue weighted by Crippen LogP contribution is 2.40. The third-order valence-electron chi connectivity index (χ3n) is 2.82. The third kappa shape index (κ3) is 3.22. The summed E-state index contributed by atoms with van der Waals surface area (Å²) in [5.41, 5.74) is -2.98. The van der Waals surface area contributed by atoms with Crippen LogP contribution < -0.4 is 0 Å². The van der Waals surface area contributed by atoms with Crippen LogP contribution in [0.3, 0.4) is 0 Å². The Bertz CT molecular complexity index is 366. The van der Waals surface area contributed by atoms with Crippen molar-refractivity contribution in [3.63, 3.8) is 0 Å². The van der Waals surface area contributed by atoms with Gasteiger partial charge in [-0.2, -0.15) is 13.2 Å². The Labute approximate surface area is 99.3 Å². The average Bonchev–Trinajstić information content (AvgIpc) is 2.15. The lowest BCUT2D eigenvalue weighted by atomic mass is 9.75. The number of rotatable bonds is 3. The molecule has 1 nitrogen and oxygen atoms in total. The number of benzene rings is 1. The van der Waals surface area contributed by atoms with E-state index in [-0.39, 0.29) is 0 Å². The van der Waals surface area contributed by atoms with Crippen molar-refractivity contribution in [2.75, 3.05) is 0 Å². The summed E-state index contributed by atoms with van der Waals surface area (Å²) in [5.74, 6) is 0. The molecule has 0 amide bonds. The highest BCUT2D eigenvalue weighted by Gasteiger charge is 2.52. The van der Waals surface area contributed by atoms with Crippen LogP contribution in [0, 0.1) is 6.92 Å². The molecule has 0 aliphatic carbocycles. The SMILES string of the molecule is [CH2]C(O)(CC(C)(C)c1ccccc1)C(F)(F)F. The summed E-state index contributed by atoms with van der Waals surface area (Å²) in [4.78, 5) is 0. The minimum Gasteiger partial charge on any atom is -0.380 e. The first kappa shape index (κ1) is 14.0. The first-order chi connectivity index (χ1) is 7.56. The molecule has 0 saturated carbocycles. The van der Waals surface area contributed by atoms with Crippen molar-refractivity contribution in [1.82, 2.24) is 0 Å². The van der Waals surface area contributed by atoms with Crippen LogP contribution in [0.4, 0.5) is 13.2 Å². The largest absolute Gasteiger partial charge is 0.417 e. The molecule has 0 aromatic heterocycles. The fraction of sp³-hybridized carbons (Fsp3) is 0.462. The standard InChI is InChI=1S/C13H16F3O/c1-11(2,10-7-5-4-6-8-10)9-12(3,17)13(14,15)16/h4-8,17H,3,9H2,1-2H3. The van der Waals surface area contributed by atoms with Crippen LogP contribution >= 0.6 is 0 Å². The zero-order valence-corrected chi connectivity index (χ0v) is 9.88. The van der Waals surface area contributed by atoms with E-state index in [1.807, 2.05) is 0 Å². The topological polar surface area (TPSA) is 20.2 Å². The molecule has 0 spiro atoms. The Morgan fingerprint density at radius 2 is 1.59 bits per heavy atom. The van der Waals surface area contributed by atoms with Crippen molar-refractivity contribution in [1.29, 1.82) is 0 Å². The highest BCUT2D eigenvalue weighted by atomic mass is 19.4. The van der Waals surface area contributed by atoms with Crippen molar-refractivity contribution < 1.29 is 18.3 Å². The molecule has 0 aliphatic rings. The van der Waals surface area contributed by atoms with Crippen molar-refractivity contribution in [2.45, 2.75) is 37.5 Å². The van der Waals surface area contributed by atoms with Crippen LogP contribution in [0.15, 0.2) is 30.3 Å². The predicted octanol–water partition coefficient (Wildman–Crippen LogP) is 3.48. The van der Waals surface area contributed by atoms with Gasteiger partial charge >= 0.3 is 6.18 Å². The highest BCUT2D eigenvalue weighted by molar-refractivity contribution is 5.24. The van der Waals surface area contributed by atoms with Crippen molar-refractivity contribution in [3.05, 3.63) is 42.8 Å². The second-order valence-electron chi connectivity index (χ2n) is 4.96. The van der Waals surface area contributed by atoms with E-state index in [4.69, 9.17) is 0 Å². The third-order valence-corrected chi connectivity index (χ3v) is 2.82. The van der Waals surface area contributed by atoms with E-state index in [9.17, 15) is 18.3 Å². The van der Waals surface area contributed by atoms with Crippen LogP contribution in [0.5, 0.6) is 0 Å². The number of hydrogen-bond acceptors (Lipinski definition) is 1. The molecule has 1 aromatic carbocycles. The van der Waals surface area contributed by atoms with Crippen LogP contribution in [0.2, 0.25) is 0 Å². The number of alkyl halides is 3. The Hall–Kier alpha value is -1.03. The quantitative estimate of drug-likeness (QED) is 0.864. The van der Waals surface area contributed by atoms with E-state index in [0.29, 0.717) is 0 Å². The van der Waals surface area contributed by atoms with Gasteiger partial charge in [-0.05, 0) is 24.3 Å². The van der Waals surface area contributed by atoms with Crippen LogP contribution in [0.1, 0.15) is 25.8 Å².